The van der Waals surface area contributed by atoms with Gasteiger partial charge in [0.15, 0.2) is 0 Å². The summed E-state index contributed by atoms with van der Waals surface area (Å²) in [6.45, 7) is 0.758. The van der Waals surface area contributed by atoms with Gasteiger partial charge in [-0.25, -0.2) is 0 Å². The Hall–Kier alpha value is -1.22. The number of carboxylic acids is 1. The summed E-state index contributed by atoms with van der Waals surface area (Å²) in [5.41, 5.74) is 1.01. The van der Waals surface area contributed by atoms with Gasteiger partial charge in [-0.05, 0) is 55.4 Å². The SMILES string of the molecule is O=C(O)CCCc1cc(Cl)ccc1OCC1CCC1. The van der Waals surface area contributed by atoms with Crippen molar-refractivity contribution in [2.75, 3.05) is 6.61 Å². The highest BCUT2D eigenvalue weighted by Crippen LogP contribution is 2.29. The van der Waals surface area contributed by atoms with Crippen LogP contribution in [0.15, 0.2) is 18.2 Å². The van der Waals surface area contributed by atoms with Crippen molar-refractivity contribution in [2.24, 2.45) is 5.92 Å². The fourth-order valence-electron chi connectivity index (χ4n) is 2.18. The second-order valence-electron chi connectivity index (χ2n) is 5.11. The van der Waals surface area contributed by atoms with Gasteiger partial charge >= 0.3 is 5.97 Å². The number of carboxylic acid groups (broad SMARTS) is 1. The molecule has 1 aliphatic rings. The van der Waals surface area contributed by atoms with Gasteiger partial charge in [0.1, 0.15) is 5.75 Å². The van der Waals surface area contributed by atoms with Crippen molar-refractivity contribution in [3.8, 4) is 5.75 Å². The van der Waals surface area contributed by atoms with E-state index in [2.05, 4.69) is 0 Å². The van der Waals surface area contributed by atoms with E-state index >= 15 is 0 Å². The quantitative estimate of drug-likeness (QED) is 0.824. The summed E-state index contributed by atoms with van der Waals surface area (Å²) in [4.78, 5) is 10.5. The van der Waals surface area contributed by atoms with Crippen LogP contribution in [-0.2, 0) is 11.2 Å². The summed E-state index contributed by atoms with van der Waals surface area (Å²) in [7, 11) is 0. The Morgan fingerprint density at radius 3 is 2.84 bits per heavy atom. The number of carbonyl (C=O) groups is 1. The second-order valence-corrected chi connectivity index (χ2v) is 5.54. The molecule has 0 unspecified atom stereocenters. The van der Waals surface area contributed by atoms with E-state index in [0.29, 0.717) is 23.8 Å². The van der Waals surface area contributed by atoms with Crippen molar-refractivity contribution >= 4 is 17.6 Å². The monoisotopic (exact) mass is 282 g/mol. The predicted octanol–water partition coefficient (Wildman–Crippen LogP) is 3.93. The van der Waals surface area contributed by atoms with Crippen molar-refractivity contribution in [1.29, 1.82) is 0 Å². The molecular formula is C15H19ClO3. The van der Waals surface area contributed by atoms with Crippen LogP contribution in [0.4, 0.5) is 0 Å². The van der Waals surface area contributed by atoms with E-state index in [0.717, 1.165) is 17.9 Å². The molecule has 19 heavy (non-hydrogen) atoms. The second kappa shape index (κ2) is 6.80. The third-order valence-electron chi connectivity index (χ3n) is 3.56. The molecule has 0 bridgehead atoms. The molecular weight excluding hydrogens is 264 g/mol. The number of ether oxygens (including phenoxy) is 1. The largest absolute Gasteiger partial charge is 0.493 e. The zero-order chi connectivity index (χ0) is 13.7. The fourth-order valence-corrected chi connectivity index (χ4v) is 2.38. The highest BCUT2D eigenvalue weighted by atomic mass is 35.5. The molecule has 0 atom stereocenters. The molecule has 1 N–H and O–H groups in total. The number of halogens is 1. The molecule has 0 aromatic heterocycles. The predicted molar refractivity (Wildman–Crippen MR) is 74.9 cm³/mol. The number of hydrogen-bond acceptors (Lipinski definition) is 2. The van der Waals surface area contributed by atoms with Gasteiger partial charge in [0, 0.05) is 11.4 Å². The highest BCUT2D eigenvalue weighted by Gasteiger charge is 2.18. The normalized spacial score (nSPS) is 15.0. The Bertz CT molecular complexity index is 441. The summed E-state index contributed by atoms with van der Waals surface area (Å²) in [5, 5.41) is 9.34. The molecule has 1 fully saturated rings. The lowest BCUT2D eigenvalue weighted by Gasteiger charge is -2.25. The summed E-state index contributed by atoms with van der Waals surface area (Å²) < 4.78 is 5.85. The molecule has 0 amide bonds. The zero-order valence-corrected chi connectivity index (χ0v) is 11.7. The first-order valence-electron chi connectivity index (χ1n) is 6.78. The fraction of sp³-hybridized carbons (Fsp3) is 0.533. The average molecular weight is 283 g/mol. The standard InChI is InChI=1S/C15H19ClO3/c16-13-7-8-14(19-10-11-3-1-4-11)12(9-13)5-2-6-15(17)18/h7-9,11H,1-6,10H2,(H,17,18). The molecule has 0 heterocycles. The van der Waals surface area contributed by atoms with Crippen LogP contribution in [0, 0.1) is 5.92 Å². The minimum absolute atomic E-state index is 0.175. The number of rotatable bonds is 7. The summed E-state index contributed by atoms with van der Waals surface area (Å²) in [5.74, 6) is 0.767. The Balaban J connectivity index is 1.93. The highest BCUT2D eigenvalue weighted by molar-refractivity contribution is 6.30. The van der Waals surface area contributed by atoms with Gasteiger partial charge in [0.25, 0.3) is 0 Å². The molecule has 1 aromatic carbocycles. The third kappa shape index (κ3) is 4.43. The van der Waals surface area contributed by atoms with Crippen molar-refractivity contribution in [1.82, 2.24) is 0 Å². The summed E-state index contributed by atoms with van der Waals surface area (Å²) >= 11 is 5.99. The molecule has 1 aromatic rings. The molecule has 0 radical (unpaired) electrons. The van der Waals surface area contributed by atoms with Crippen molar-refractivity contribution in [3.63, 3.8) is 0 Å². The van der Waals surface area contributed by atoms with Gasteiger partial charge in [-0.1, -0.05) is 18.0 Å². The molecule has 4 heteroatoms. The van der Waals surface area contributed by atoms with E-state index < -0.39 is 5.97 Å². The Morgan fingerprint density at radius 1 is 1.42 bits per heavy atom. The first-order valence-corrected chi connectivity index (χ1v) is 7.16. The van der Waals surface area contributed by atoms with Crippen molar-refractivity contribution in [2.45, 2.75) is 38.5 Å². The zero-order valence-electron chi connectivity index (χ0n) is 10.9. The van der Waals surface area contributed by atoms with E-state index in [1.165, 1.54) is 19.3 Å². The maximum absolute atomic E-state index is 10.5. The maximum atomic E-state index is 10.5. The van der Waals surface area contributed by atoms with Crippen LogP contribution in [0.1, 0.15) is 37.7 Å². The van der Waals surface area contributed by atoms with Gasteiger partial charge < -0.3 is 9.84 Å². The lowest BCUT2D eigenvalue weighted by atomic mass is 9.86. The van der Waals surface area contributed by atoms with Gasteiger partial charge in [-0.15, -0.1) is 0 Å². The van der Waals surface area contributed by atoms with Crippen LogP contribution in [-0.4, -0.2) is 17.7 Å². The lowest BCUT2D eigenvalue weighted by Crippen LogP contribution is -2.19. The molecule has 1 saturated carbocycles. The van der Waals surface area contributed by atoms with Crippen LogP contribution in [0.3, 0.4) is 0 Å². The number of aliphatic carboxylic acids is 1. The van der Waals surface area contributed by atoms with Crippen molar-refractivity contribution in [3.05, 3.63) is 28.8 Å². The molecule has 0 aliphatic heterocycles. The molecule has 1 aliphatic carbocycles. The minimum Gasteiger partial charge on any atom is -0.493 e. The number of aryl methyl sites for hydroxylation is 1. The van der Waals surface area contributed by atoms with E-state index in [4.69, 9.17) is 21.4 Å². The molecule has 0 saturated heterocycles. The van der Waals surface area contributed by atoms with E-state index in [1.54, 1.807) is 0 Å². The maximum Gasteiger partial charge on any atom is 0.303 e. The van der Waals surface area contributed by atoms with Crippen molar-refractivity contribution < 1.29 is 14.6 Å². The van der Waals surface area contributed by atoms with E-state index in [9.17, 15) is 4.79 Å². The smallest absolute Gasteiger partial charge is 0.303 e. The summed E-state index contributed by atoms with van der Waals surface area (Å²) in [6, 6.07) is 5.58. The first kappa shape index (κ1) is 14.2. The summed E-state index contributed by atoms with van der Waals surface area (Å²) in [6.07, 6.45) is 5.28. The van der Waals surface area contributed by atoms with Crippen LogP contribution in [0.25, 0.3) is 0 Å². The van der Waals surface area contributed by atoms with Gasteiger partial charge in [-0.2, -0.15) is 0 Å². The number of benzene rings is 1. The molecule has 3 nitrogen and oxygen atoms in total. The lowest BCUT2D eigenvalue weighted by molar-refractivity contribution is -0.137. The van der Waals surface area contributed by atoms with Crippen LogP contribution >= 0.6 is 11.6 Å². The van der Waals surface area contributed by atoms with Crippen LogP contribution < -0.4 is 4.74 Å². The molecule has 2 rings (SSSR count). The first-order chi connectivity index (χ1) is 9.15. The van der Waals surface area contributed by atoms with Gasteiger partial charge in [0.2, 0.25) is 0 Å². The minimum atomic E-state index is -0.765. The number of hydrogen-bond donors (Lipinski definition) is 1. The molecule has 104 valence electrons. The van der Waals surface area contributed by atoms with Gasteiger partial charge in [-0.3, -0.25) is 4.79 Å². The molecule has 0 spiro atoms. The van der Waals surface area contributed by atoms with E-state index in [-0.39, 0.29) is 6.42 Å². The van der Waals surface area contributed by atoms with Crippen LogP contribution in [0.2, 0.25) is 5.02 Å². The Labute approximate surface area is 118 Å². The average Bonchev–Trinajstić information content (AvgIpc) is 2.29. The van der Waals surface area contributed by atoms with Gasteiger partial charge in [0.05, 0.1) is 6.61 Å². The third-order valence-corrected chi connectivity index (χ3v) is 3.79. The van der Waals surface area contributed by atoms with E-state index in [1.807, 2.05) is 18.2 Å². The Kier molecular flexibility index (Phi) is 5.08. The Morgan fingerprint density at radius 2 is 2.21 bits per heavy atom. The van der Waals surface area contributed by atoms with Crippen LogP contribution in [0.5, 0.6) is 5.75 Å². The topological polar surface area (TPSA) is 46.5 Å².